The lowest BCUT2D eigenvalue weighted by molar-refractivity contribution is -0.121. The summed E-state index contributed by atoms with van der Waals surface area (Å²) in [4.78, 5) is 39.6. The molecule has 0 bridgehead atoms. The number of amides is 2. The van der Waals surface area contributed by atoms with Crippen molar-refractivity contribution in [1.29, 1.82) is 0 Å². The fourth-order valence-electron chi connectivity index (χ4n) is 4.40. The molecule has 2 aromatic heterocycles. The van der Waals surface area contributed by atoms with Gasteiger partial charge in [-0.05, 0) is 24.5 Å². The van der Waals surface area contributed by atoms with Crippen LogP contribution < -0.4 is 10.6 Å². The predicted molar refractivity (Wildman–Crippen MR) is 134 cm³/mol. The molecule has 2 aliphatic heterocycles. The van der Waals surface area contributed by atoms with Crippen LogP contribution in [0.1, 0.15) is 46.7 Å². The molecule has 1 aromatic carbocycles. The van der Waals surface area contributed by atoms with Gasteiger partial charge in [-0.3, -0.25) is 9.59 Å². The topological polar surface area (TPSA) is 130 Å². The lowest BCUT2D eigenvalue weighted by Crippen LogP contribution is -2.46. The molecule has 36 heavy (non-hydrogen) atoms. The van der Waals surface area contributed by atoms with Crippen LogP contribution in [0.15, 0.2) is 36.0 Å². The molecule has 188 valence electrons. The second-order valence-electron chi connectivity index (χ2n) is 8.69. The molecule has 1 saturated heterocycles. The lowest BCUT2D eigenvalue weighted by Gasteiger charge is -2.29. The van der Waals surface area contributed by atoms with Gasteiger partial charge in [0.15, 0.2) is 6.23 Å². The maximum absolute atomic E-state index is 13.3. The summed E-state index contributed by atoms with van der Waals surface area (Å²) in [5.74, 6) is -0.215. The largest absolute Gasteiger partial charge is 0.381 e. The SMILES string of the molecule is CC(=O)N[C@@H](c1nccs1)C(O)N1Cc2ccc(-c3nc(NC4CCOCC4)ncc3Cl)cc2C1=O. The van der Waals surface area contributed by atoms with Crippen LogP contribution >= 0.6 is 22.9 Å². The molecule has 1 fully saturated rings. The van der Waals surface area contributed by atoms with Crippen molar-refractivity contribution in [2.45, 2.75) is 44.6 Å². The van der Waals surface area contributed by atoms with Crippen LogP contribution in [0.2, 0.25) is 5.02 Å². The number of aliphatic hydroxyl groups is 1. The number of carbonyl (C=O) groups excluding carboxylic acids is 2. The van der Waals surface area contributed by atoms with E-state index in [1.807, 2.05) is 12.1 Å². The van der Waals surface area contributed by atoms with Gasteiger partial charge < -0.3 is 25.4 Å². The number of nitrogens with zero attached hydrogens (tertiary/aromatic N) is 4. The maximum Gasteiger partial charge on any atom is 0.256 e. The van der Waals surface area contributed by atoms with Crippen molar-refractivity contribution in [3.8, 4) is 11.3 Å². The van der Waals surface area contributed by atoms with Crippen LogP contribution in [-0.2, 0) is 16.1 Å². The van der Waals surface area contributed by atoms with Gasteiger partial charge in [-0.2, -0.15) is 0 Å². The number of thiazole rings is 1. The van der Waals surface area contributed by atoms with E-state index in [0.717, 1.165) is 18.4 Å². The molecule has 1 unspecified atom stereocenters. The lowest BCUT2D eigenvalue weighted by atomic mass is 10.0. The zero-order valence-corrected chi connectivity index (χ0v) is 21.1. The Kier molecular flexibility index (Phi) is 7.15. The van der Waals surface area contributed by atoms with Crippen LogP contribution in [0.25, 0.3) is 11.3 Å². The van der Waals surface area contributed by atoms with Crippen molar-refractivity contribution in [3.63, 3.8) is 0 Å². The van der Waals surface area contributed by atoms with Crippen LogP contribution in [0.5, 0.6) is 0 Å². The third-order valence-electron chi connectivity index (χ3n) is 6.21. The third-order valence-corrected chi connectivity index (χ3v) is 7.34. The van der Waals surface area contributed by atoms with Crippen LogP contribution in [0.3, 0.4) is 0 Å². The molecule has 3 N–H and O–H groups in total. The number of hydrogen-bond donors (Lipinski definition) is 3. The zero-order valence-electron chi connectivity index (χ0n) is 19.5. The smallest absolute Gasteiger partial charge is 0.256 e. The van der Waals surface area contributed by atoms with Crippen molar-refractivity contribution in [2.24, 2.45) is 0 Å². The van der Waals surface area contributed by atoms with Crippen molar-refractivity contribution >= 4 is 40.7 Å². The van der Waals surface area contributed by atoms with E-state index in [1.165, 1.54) is 23.2 Å². The molecule has 2 aliphatic rings. The molecule has 2 atom stereocenters. The van der Waals surface area contributed by atoms with E-state index in [4.69, 9.17) is 16.3 Å². The number of fused-ring (bicyclic) bond motifs is 1. The van der Waals surface area contributed by atoms with E-state index in [2.05, 4.69) is 25.6 Å². The van der Waals surface area contributed by atoms with Gasteiger partial charge in [0.25, 0.3) is 5.91 Å². The number of anilines is 1. The van der Waals surface area contributed by atoms with Gasteiger partial charge in [-0.25, -0.2) is 15.0 Å². The number of benzene rings is 1. The highest BCUT2D eigenvalue weighted by atomic mass is 35.5. The molecule has 0 aliphatic carbocycles. The fraction of sp³-hybridized carbons (Fsp3) is 0.375. The highest BCUT2D eigenvalue weighted by molar-refractivity contribution is 7.09. The molecule has 0 spiro atoms. The van der Waals surface area contributed by atoms with Gasteiger partial charge in [-0.15, -0.1) is 11.3 Å². The summed E-state index contributed by atoms with van der Waals surface area (Å²) in [5.41, 5.74) is 2.38. The molecule has 3 aromatic rings. The normalized spacial score (nSPS) is 17.5. The van der Waals surface area contributed by atoms with Gasteiger partial charge in [-0.1, -0.05) is 23.7 Å². The Morgan fingerprint density at radius 1 is 1.31 bits per heavy atom. The third kappa shape index (κ3) is 5.05. The van der Waals surface area contributed by atoms with E-state index in [0.29, 0.717) is 46.0 Å². The van der Waals surface area contributed by atoms with Crippen molar-refractivity contribution in [2.75, 3.05) is 18.5 Å². The first kappa shape index (κ1) is 24.6. The average molecular weight is 529 g/mol. The first-order chi connectivity index (χ1) is 17.4. The molecule has 0 radical (unpaired) electrons. The molecular weight excluding hydrogens is 504 g/mol. The summed E-state index contributed by atoms with van der Waals surface area (Å²) in [6.45, 7) is 2.94. The molecule has 4 heterocycles. The minimum absolute atomic E-state index is 0.200. The summed E-state index contributed by atoms with van der Waals surface area (Å²) in [5, 5.41) is 19.8. The molecule has 2 amide bonds. The highest BCUT2D eigenvalue weighted by Crippen LogP contribution is 2.34. The molecule has 5 rings (SSSR count). The number of carbonyl (C=O) groups is 2. The standard InChI is InChI=1S/C24H25ClN6O4S/c1-13(32)28-20(21-26-6-9-36-21)23(34)31-12-15-3-2-14(10-17(15)22(31)33)19-18(25)11-27-24(30-19)29-16-4-7-35-8-5-16/h2-3,6,9-11,16,20,23,34H,4-5,7-8,12H2,1H3,(H,28,32)(H,27,29,30)/t20-,23?/m0/s1. The number of hydrogen-bond acceptors (Lipinski definition) is 9. The minimum atomic E-state index is -1.29. The monoisotopic (exact) mass is 528 g/mol. The Bertz CT molecular complexity index is 1270. The van der Waals surface area contributed by atoms with Crippen molar-refractivity contribution < 1.29 is 19.4 Å². The summed E-state index contributed by atoms with van der Waals surface area (Å²) in [6, 6.07) is 4.79. The van der Waals surface area contributed by atoms with Gasteiger partial charge in [0.1, 0.15) is 11.0 Å². The Morgan fingerprint density at radius 2 is 2.11 bits per heavy atom. The number of aromatic nitrogens is 3. The van der Waals surface area contributed by atoms with Crippen molar-refractivity contribution in [3.05, 3.63) is 57.1 Å². The van der Waals surface area contributed by atoms with E-state index >= 15 is 0 Å². The Morgan fingerprint density at radius 3 is 2.83 bits per heavy atom. The number of ether oxygens (including phenoxy) is 1. The van der Waals surface area contributed by atoms with E-state index in [9.17, 15) is 14.7 Å². The molecule has 12 heteroatoms. The summed E-state index contributed by atoms with van der Waals surface area (Å²) >= 11 is 7.73. The van der Waals surface area contributed by atoms with Crippen LogP contribution in [0.4, 0.5) is 5.95 Å². The highest BCUT2D eigenvalue weighted by Gasteiger charge is 2.38. The Balaban J connectivity index is 1.39. The summed E-state index contributed by atoms with van der Waals surface area (Å²) in [6.07, 6.45) is 3.58. The first-order valence-electron chi connectivity index (χ1n) is 11.6. The molecule has 10 nitrogen and oxygen atoms in total. The van der Waals surface area contributed by atoms with E-state index in [-0.39, 0.29) is 24.4 Å². The minimum Gasteiger partial charge on any atom is -0.381 e. The molecular formula is C24H25ClN6O4S. The van der Waals surface area contributed by atoms with Gasteiger partial charge in [0.2, 0.25) is 11.9 Å². The second kappa shape index (κ2) is 10.5. The van der Waals surface area contributed by atoms with Gasteiger partial charge in [0, 0.05) is 55.4 Å². The first-order valence-corrected chi connectivity index (χ1v) is 12.8. The quantitative estimate of drug-likeness (QED) is 0.427. The zero-order chi connectivity index (χ0) is 25.2. The Hall–Kier alpha value is -3.12. The summed E-state index contributed by atoms with van der Waals surface area (Å²) < 4.78 is 5.40. The van der Waals surface area contributed by atoms with Crippen molar-refractivity contribution in [1.82, 2.24) is 25.2 Å². The van der Waals surface area contributed by atoms with Gasteiger partial charge in [0.05, 0.1) is 16.9 Å². The number of aliphatic hydroxyl groups excluding tert-OH is 1. The number of halogens is 1. The number of nitrogens with one attached hydrogen (secondary N) is 2. The average Bonchev–Trinajstić information content (AvgIpc) is 3.52. The second-order valence-corrected chi connectivity index (χ2v) is 10.0. The van der Waals surface area contributed by atoms with E-state index in [1.54, 1.807) is 23.8 Å². The van der Waals surface area contributed by atoms with Gasteiger partial charge >= 0.3 is 0 Å². The fourth-order valence-corrected chi connectivity index (χ4v) is 5.31. The summed E-state index contributed by atoms with van der Waals surface area (Å²) in [7, 11) is 0. The number of rotatable bonds is 7. The van der Waals surface area contributed by atoms with Crippen LogP contribution in [-0.4, -0.2) is 62.3 Å². The Labute approximate surface area is 216 Å². The van der Waals surface area contributed by atoms with E-state index < -0.39 is 12.3 Å². The predicted octanol–water partition coefficient (Wildman–Crippen LogP) is 3.00. The molecule has 0 saturated carbocycles. The van der Waals surface area contributed by atoms with Crippen LogP contribution in [0, 0.1) is 0 Å². The maximum atomic E-state index is 13.3.